The van der Waals surface area contributed by atoms with Gasteiger partial charge in [0.25, 0.3) is 5.69 Å². The van der Waals surface area contributed by atoms with Crippen molar-refractivity contribution in [3.63, 3.8) is 0 Å². The molecule has 5 heteroatoms. The second-order valence-corrected chi connectivity index (χ2v) is 3.44. The smallest absolute Gasteiger partial charge is 0.298 e. The first kappa shape index (κ1) is 10.5. The van der Waals surface area contributed by atoms with Gasteiger partial charge in [-0.3, -0.25) is 10.1 Å². The van der Waals surface area contributed by atoms with Crippen LogP contribution in [-0.4, -0.2) is 16.5 Å². The second kappa shape index (κ2) is 4.24. The first-order chi connectivity index (χ1) is 7.74. The Balaban J connectivity index is 2.73. The molecule has 2 aromatic rings. The van der Waals surface area contributed by atoms with Gasteiger partial charge in [0, 0.05) is 17.1 Å². The van der Waals surface area contributed by atoms with Crippen LogP contribution in [0.1, 0.15) is 5.56 Å². The largest absolute Gasteiger partial charge is 0.330 e. The van der Waals surface area contributed by atoms with Gasteiger partial charge in [-0.15, -0.1) is 0 Å². The van der Waals surface area contributed by atoms with Crippen molar-refractivity contribution in [2.24, 2.45) is 5.73 Å². The zero-order valence-electron chi connectivity index (χ0n) is 8.59. The number of fused-ring (bicyclic) bond motifs is 1. The van der Waals surface area contributed by atoms with Crippen molar-refractivity contribution in [3.05, 3.63) is 46.1 Å². The number of benzene rings is 1. The number of hydrogen-bond acceptors (Lipinski definition) is 4. The number of pyridine rings is 1. The maximum absolute atomic E-state index is 11.0. The van der Waals surface area contributed by atoms with Crippen LogP contribution in [0.3, 0.4) is 0 Å². The van der Waals surface area contributed by atoms with Crippen LogP contribution >= 0.6 is 0 Å². The van der Waals surface area contributed by atoms with Crippen LogP contribution in [0.5, 0.6) is 0 Å². The molecule has 2 N–H and O–H groups in total. The number of rotatable bonds is 3. The van der Waals surface area contributed by atoms with Crippen LogP contribution in [0, 0.1) is 10.1 Å². The zero-order valence-corrected chi connectivity index (χ0v) is 8.59. The van der Waals surface area contributed by atoms with E-state index < -0.39 is 0 Å². The molecule has 16 heavy (non-hydrogen) atoms. The van der Waals surface area contributed by atoms with Crippen LogP contribution in [0.25, 0.3) is 10.9 Å². The summed E-state index contributed by atoms with van der Waals surface area (Å²) in [5.74, 6) is 0. The Morgan fingerprint density at radius 1 is 1.38 bits per heavy atom. The van der Waals surface area contributed by atoms with Crippen LogP contribution in [-0.2, 0) is 6.42 Å². The van der Waals surface area contributed by atoms with E-state index >= 15 is 0 Å². The topological polar surface area (TPSA) is 82.0 Å². The van der Waals surface area contributed by atoms with Gasteiger partial charge >= 0.3 is 0 Å². The third kappa shape index (κ3) is 1.72. The third-order valence-corrected chi connectivity index (χ3v) is 2.43. The van der Waals surface area contributed by atoms with Crippen LogP contribution in [0.15, 0.2) is 30.5 Å². The van der Waals surface area contributed by atoms with E-state index in [1.807, 2.05) is 12.1 Å². The molecular formula is C11H11N3O2. The molecule has 5 nitrogen and oxygen atoms in total. The van der Waals surface area contributed by atoms with E-state index in [9.17, 15) is 10.1 Å². The molecule has 0 atom stereocenters. The average Bonchev–Trinajstić information content (AvgIpc) is 2.28. The highest BCUT2D eigenvalue weighted by Gasteiger charge is 2.18. The zero-order chi connectivity index (χ0) is 11.5. The molecule has 82 valence electrons. The Hall–Kier alpha value is -2.01. The van der Waals surface area contributed by atoms with Crippen molar-refractivity contribution in [1.29, 1.82) is 0 Å². The van der Waals surface area contributed by atoms with E-state index in [2.05, 4.69) is 4.98 Å². The van der Waals surface area contributed by atoms with Crippen LogP contribution in [0.4, 0.5) is 5.69 Å². The highest BCUT2D eigenvalue weighted by atomic mass is 16.6. The Bertz CT molecular complexity index is 540. The summed E-state index contributed by atoms with van der Waals surface area (Å²) >= 11 is 0. The molecule has 1 aromatic carbocycles. The van der Waals surface area contributed by atoms with Gasteiger partial charge in [-0.05, 0) is 19.0 Å². The summed E-state index contributed by atoms with van der Waals surface area (Å²) in [5.41, 5.74) is 6.57. The first-order valence-corrected chi connectivity index (χ1v) is 4.95. The van der Waals surface area contributed by atoms with Crippen molar-refractivity contribution >= 4 is 16.6 Å². The number of nitrogens with zero attached hydrogens (tertiary/aromatic N) is 2. The van der Waals surface area contributed by atoms with Gasteiger partial charge < -0.3 is 5.73 Å². The molecule has 0 aliphatic heterocycles. The number of nitrogens with two attached hydrogens (primary N) is 1. The van der Waals surface area contributed by atoms with Gasteiger partial charge in [-0.1, -0.05) is 18.2 Å². The maximum Gasteiger partial charge on any atom is 0.298 e. The predicted molar refractivity (Wildman–Crippen MR) is 61.2 cm³/mol. The van der Waals surface area contributed by atoms with Gasteiger partial charge in [0.05, 0.1) is 4.92 Å². The SMILES string of the molecule is NCCc1ccc2cccnc2c1[N+](=O)[O-]. The van der Waals surface area contributed by atoms with Gasteiger partial charge in [-0.25, -0.2) is 4.98 Å². The number of nitro benzene ring substituents is 1. The summed E-state index contributed by atoms with van der Waals surface area (Å²) in [6.45, 7) is 0.388. The number of nitro groups is 1. The standard InChI is InChI=1S/C11H11N3O2/c12-6-5-9-4-3-8-2-1-7-13-10(8)11(9)14(15)16/h1-4,7H,5-6,12H2. The quantitative estimate of drug-likeness (QED) is 0.625. The van der Waals surface area contributed by atoms with E-state index in [0.717, 1.165) is 5.39 Å². The van der Waals surface area contributed by atoms with E-state index in [0.29, 0.717) is 24.0 Å². The summed E-state index contributed by atoms with van der Waals surface area (Å²) in [5, 5.41) is 11.8. The Morgan fingerprint density at radius 3 is 2.88 bits per heavy atom. The fourth-order valence-corrected chi connectivity index (χ4v) is 1.73. The molecule has 0 saturated carbocycles. The summed E-state index contributed by atoms with van der Waals surface area (Å²) in [7, 11) is 0. The van der Waals surface area contributed by atoms with Gasteiger partial charge in [-0.2, -0.15) is 0 Å². The van der Waals surface area contributed by atoms with E-state index in [1.165, 1.54) is 0 Å². The van der Waals surface area contributed by atoms with Crippen molar-refractivity contribution in [2.45, 2.75) is 6.42 Å². The summed E-state index contributed by atoms with van der Waals surface area (Å²) < 4.78 is 0. The third-order valence-electron chi connectivity index (χ3n) is 2.43. The molecule has 0 bridgehead atoms. The van der Waals surface area contributed by atoms with Gasteiger partial charge in [0.2, 0.25) is 0 Å². The highest BCUT2D eigenvalue weighted by molar-refractivity contribution is 5.88. The van der Waals surface area contributed by atoms with Crippen LogP contribution in [0.2, 0.25) is 0 Å². The van der Waals surface area contributed by atoms with Crippen LogP contribution < -0.4 is 5.73 Å². The van der Waals surface area contributed by atoms with Crippen molar-refractivity contribution in [2.75, 3.05) is 6.54 Å². The molecule has 1 aromatic heterocycles. The lowest BCUT2D eigenvalue weighted by Gasteiger charge is -2.04. The molecule has 0 radical (unpaired) electrons. The summed E-state index contributed by atoms with van der Waals surface area (Å²) in [6.07, 6.45) is 2.05. The Kier molecular flexibility index (Phi) is 2.78. The minimum Gasteiger partial charge on any atom is -0.330 e. The molecule has 0 aliphatic carbocycles. The fourth-order valence-electron chi connectivity index (χ4n) is 1.73. The summed E-state index contributed by atoms with van der Waals surface area (Å²) in [4.78, 5) is 14.7. The fraction of sp³-hybridized carbons (Fsp3) is 0.182. The second-order valence-electron chi connectivity index (χ2n) is 3.44. The molecule has 1 heterocycles. The Labute approximate surface area is 92.1 Å². The predicted octanol–water partition coefficient (Wildman–Crippen LogP) is 1.64. The molecule has 2 rings (SSSR count). The van der Waals surface area contributed by atoms with E-state index in [4.69, 9.17) is 5.73 Å². The molecule has 0 aliphatic rings. The molecular weight excluding hydrogens is 206 g/mol. The first-order valence-electron chi connectivity index (χ1n) is 4.95. The lowest BCUT2D eigenvalue weighted by Crippen LogP contribution is -2.06. The van der Waals surface area contributed by atoms with Gasteiger partial charge in [0.15, 0.2) is 0 Å². The monoisotopic (exact) mass is 217 g/mol. The maximum atomic E-state index is 11.0. The summed E-state index contributed by atoms with van der Waals surface area (Å²) in [6, 6.07) is 7.14. The minimum absolute atomic E-state index is 0.0727. The normalized spacial score (nSPS) is 10.6. The molecule has 0 unspecified atom stereocenters. The molecule has 0 saturated heterocycles. The van der Waals surface area contributed by atoms with Gasteiger partial charge in [0.1, 0.15) is 5.52 Å². The number of hydrogen-bond donors (Lipinski definition) is 1. The number of aromatic nitrogens is 1. The lowest BCUT2D eigenvalue weighted by molar-refractivity contribution is -0.383. The van der Waals surface area contributed by atoms with Crippen molar-refractivity contribution in [3.8, 4) is 0 Å². The minimum atomic E-state index is -0.389. The molecule has 0 spiro atoms. The molecule has 0 amide bonds. The molecule has 0 fully saturated rings. The van der Waals surface area contributed by atoms with Crippen molar-refractivity contribution in [1.82, 2.24) is 4.98 Å². The average molecular weight is 217 g/mol. The van der Waals surface area contributed by atoms with E-state index in [1.54, 1.807) is 18.3 Å². The lowest BCUT2D eigenvalue weighted by atomic mass is 10.1. The van der Waals surface area contributed by atoms with E-state index in [-0.39, 0.29) is 10.6 Å². The van der Waals surface area contributed by atoms with Crippen molar-refractivity contribution < 1.29 is 4.92 Å². The Morgan fingerprint density at radius 2 is 2.19 bits per heavy atom. The highest BCUT2D eigenvalue weighted by Crippen LogP contribution is 2.27.